The number of aliphatic hydroxyl groups excluding tert-OH is 1. The molecule has 0 saturated heterocycles. The zero-order chi connectivity index (χ0) is 13.3. The van der Waals surface area contributed by atoms with Crippen LogP contribution in [0.4, 0.5) is 0 Å². The van der Waals surface area contributed by atoms with Crippen LogP contribution in [0, 0.1) is 5.92 Å². The minimum absolute atomic E-state index is 0.182. The Morgan fingerprint density at radius 1 is 1.00 bits per heavy atom. The van der Waals surface area contributed by atoms with E-state index in [4.69, 9.17) is 0 Å². The van der Waals surface area contributed by atoms with Crippen LogP contribution in [-0.4, -0.2) is 10.2 Å². The molecule has 1 saturated carbocycles. The van der Waals surface area contributed by atoms with E-state index in [0.29, 0.717) is 17.4 Å². The number of allylic oxidation sites excluding steroid dienone is 3. The number of benzene rings is 1. The van der Waals surface area contributed by atoms with E-state index in [9.17, 15) is 10.2 Å². The first-order valence-corrected chi connectivity index (χ1v) is 7.07. The van der Waals surface area contributed by atoms with Crippen LogP contribution >= 0.6 is 0 Å². The van der Waals surface area contributed by atoms with E-state index in [1.807, 2.05) is 12.2 Å². The highest BCUT2D eigenvalue weighted by Gasteiger charge is 2.41. The Hall–Kier alpha value is -1.70. The molecule has 2 N–H and O–H groups in total. The fourth-order valence-corrected chi connectivity index (χ4v) is 3.69. The van der Waals surface area contributed by atoms with Crippen molar-refractivity contribution >= 4 is 0 Å². The monoisotopic (exact) mass is 256 g/mol. The number of phenols is 1. The van der Waals surface area contributed by atoms with Crippen molar-refractivity contribution in [3.05, 3.63) is 53.8 Å². The number of hydrogen-bond acceptors (Lipinski definition) is 2. The van der Waals surface area contributed by atoms with E-state index >= 15 is 0 Å². The largest absolute Gasteiger partial charge is 0.508 e. The summed E-state index contributed by atoms with van der Waals surface area (Å²) in [7, 11) is 0. The molecule has 1 atom stereocenters. The van der Waals surface area contributed by atoms with Gasteiger partial charge in [0.25, 0.3) is 0 Å². The SMILES string of the molecule is OC1=CCC(C2(c3ccc(O)cc3)CCCC2)C=C1. The molecule has 0 bridgehead atoms. The average Bonchev–Trinajstić information content (AvgIpc) is 2.91. The molecule has 19 heavy (non-hydrogen) atoms. The zero-order valence-corrected chi connectivity index (χ0v) is 11.0. The van der Waals surface area contributed by atoms with Gasteiger partial charge in [0.2, 0.25) is 0 Å². The van der Waals surface area contributed by atoms with Gasteiger partial charge in [0.15, 0.2) is 0 Å². The number of aromatic hydroxyl groups is 1. The molecule has 2 nitrogen and oxygen atoms in total. The van der Waals surface area contributed by atoms with Crippen molar-refractivity contribution in [3.8, 4) is 5.75 Å². The molecule has 1 aromatic carbocycles. The third-order valence-corrected chi connectivity index (χ3v) is 4.73. The van der Waals surface area contributed by atoms with Gasteiger partial charge in [0.1, 0.15) is 11.5 Å². The van der Waals surface area contributed by atoms with Crippen LogP contribution in [-0.2, 0) is 5.41 Å². The maximum absolute atomic E-state index is 9.50. The summed E-state index contributed by atoms with van der Waals surface area (Å²) in [5, 5.41) is 19.0. The summed E-state index contributed by atoms with van der Waals surface area (Å²) in [4.78, 5) is 0. The lowest BCUT2D eigenvalue weighted by molar-refractivity contribution is 0.315. The van der Waals surface area contributed by atoms with Gasteiger partial charge in [-0.05, 0) is 55.0 Å². The molecule has 0 aromatic heterocycles. The van der Waals surface area contributed by atoms with Gasteiger partial charge in [-0.3, -0.25) is 0 Å². The lowest BCUT2D eigenvalue weighted by Gasteiger charge is -2.37. The van der Waals surface area contributed by atoms with Crippen LogP contribution in [0.1, 0.15) is 37.7 Å². The van der Waals surface area contributed by atoms with Gasteiger partial charge >= 0.3 is 0 Å². The van der Waals surface area contributed by atoms with Crippen molar-refractivity contribution in [2.45, 2.75) is 37.5 Å². The maximum Gasteiger partial charge on any atom is 0.115 e. The number of hydrogen-bond donors (Lipinski definition) is 2. The predicted octanol–water partition coefficient (Wildman–Crippen LogP) is 4.22. The zero-order valence-electron chi connectivity index (χ0n) is 11.0. The molecule has 2 aliphatic rings. The third-order valence-electron chi connectivity index (χ3n) is 4.73. The van der Waals surface area contributed by atoms with Gasteiger partial charge in [-0.25, -0.2) is 0 Å². The van der Waals surface area contributed by atoms with Crippen molar-refractivity contribution in [2.75, 3.05) is 0 Å². The molecule has 1 aromatic rings. The van der Waals surface area contributed by atoms with Crippen molar-refractivity contribution < 1.29 is 10.2 Å². The van der Waals surface area contributed by atoms with Gasteiger partial charge in [-0.2, -0.15) is 0 Å². The van der Waals surface area contributed by atoms with E-state index in [1.54, 1.807) is 12.1 Å². The lowest BCUT2D eigenvalue weighted by Crippen LogP contribution is -2.31. The van der Waals surface area contributed by atoms with Gasteiger partial charge in [-0.1, -0.05) is 31.1 Å². The Kier molecular flexibility index (Phi) is 3.09. The smallest absolute Gasteiger partial charge is 0.115 e. The van der Waals surface area contributed by atoms with E-state index in [2.05, 4.69) is 18.2 Å². The molecule has 1 unspecified atom stereocenters. The Labute approximate surface area is 114 Å². The minimum Gasteiger partial charge on any atom is -0.508 e. The van der Waals surface area contributed by atoms with Crippen LogP contribution in [0.25, 0.3) is 0 Å². The normalized spacial score (nSPS) is 25.3. The lowest BCUT2D eigenvalue weighted by atomic mass is 9.67. The number of aliphatic hydroxyl groups is 1. The second-order valence-corrected chi connectivity index (χ2v) is 5.74. The Morgan fingerprint density at radius 3 is 2.26 bits per heavy atom. The highest BCUT2D eigenvalue weighted by atomic mass is 16.3. The Bertz CT molecular complexity index is 505. The molecular weight excluding hydrogens is 236 g/mol. The number of rotatable bonds is 2. The molecule has 3 rings (SSSR count). The molecule has 0 radical (unpaired) electrons. The summed E-state index contributed by atoms with van der Waals surface area (Å²) >= 11 is 0. The summed E-state index contributed by atoms with van der Waals surface area (Å²) in [6.07, 6.45) is 11.7. The molecule has 1 fully saturated rings. The second kappa shape index (κ2) is 4.76. The maximum atomic E-state index is 9.50. The van der Waals surface area contributed by atoms with Gasteiger partial charge in [0, 0.05) is 5.41 Å². The van der Waals surface area contributed by atoms with Crippen molar-refractivity contribution in [1.82, 2.24) is 0 Å². The van der Waals surface area contributed by atoms with Crippen LogP contribution < -0.4 is 0 Å². The molecule has 0 aliphatic heterocycles. The molecule has 0 spiro atoms. The highest BCUT2D eigenvalue weighted by Crippen LogP contribution is 2.49. The Balaban J connectivity index is 1.96. The quantitative estimate of drug-likeness (QED) is 0.831. The van der Waals surface area contributed by atoms with Crippen LogP contribution in [0.2, 0.25) is 0 Å². The van der Waals surface area contributed by atoms with Crippen LogP contribution in [0.5, 0.6) is 5.75 Å². The van der Waals surface area contributed by atoms with E-state index in [-0.39, 0.29) is 5.41 Å². The molecule has 0 amide bonds. The predicted molar refractivity (Wildman–Crippen MR) is 76.2 cm³/mol. The summed E-state index contributed by atoms with van der Waals surface area (Å²) in [6, 6.07) is 7.70. The summed E-state index contributed by atoms with van der Waals surface area (Å²) in [5.74, 6) is 1.17. The Morgan fingerprint density at radius 2 is 1.68 bits per heavy atom. The molecule has 2 aliphatic carbocycles. The van der Waals surface area contributed by atoms with Gasteiger partial charge < -0.3 is 10.2 Å². The van der Waals surface area contributed by atoms with Crippen LogP contribution in [0.15, 0.2) is 48.3 Å². The van der Waals surface area contributed by atoms with Crippen molar-refractivity contribution in [1.29, 1.82) is 0 Å². The molecule has 100 valence electrons. The average molecular weight is 256 g/mol. The fourth-order valence-electron chi connectivity index (χ4n) is 3.69. The highest BCUT2D eigenvalue weighted by molar-refractivity contribution is 5.35. The van der Waals surface area contributed by atoms with Crippen molar-refractivity contribution in [2.24, 2.45) is 5.92 Å². The standard InChI is InChI=1S/C17H20O2/c18-15-7-3-13(4-8-15)17(11-1-2-12-17)14-5-9-16(19)10-6-14/h3-5,7-10,14,18-19H,1-2,6,11-12H2. The summed E-state index contributed by atoms with van der Waals surface area (Å²) in [6.45, 7) is 0. The minimum atomic E-state index is 0.182. The third kappa shape index (κ3) is 2.16. The number of phenolic OH excluding ortho intramolecular Hbond substituents is 1. The first kappa shape index (κ1) is 12.3. The van der Waals surface area contributed by atoms with Crippen molar-refractivity contribution in [3.63, 3.8) is 0 Å². The first-order valence-electron chi connectivity index (χ1n) is 7.07. The summed E-state index contributed by atoms with van der Waals surface area (Å²) in [5.41, 5.74) is 1.51. The van der Waals surface area contributed by atoms with E-state index in [0.717, 1.165) is 6.42 Å². The van der Waals surface area contributed by atoms with Gasteiger partial charge in [0.05, 0.1) is 0 Å². The van der Waals surface area contributed by atoms with Gasteiger partial charge in [-0.15, -0.1) is 0 Å². The van der Waals surface area contributed by atoms with E-state index in [1.165, 1.54) is 31.2 Å². The summed E-state index contributed by atoms with van der Waals surface area (Å²) < 4.78 is 0. The molecular formula is C17H20O2. The molecule has 0 heterocycles. The second-order valence-electron chi connectivity index (χ2n) is 5.74. The van der Waals surface area contributed by atoms with Crippen LogP contribution in [0.3, 0.4) is 0 Å². The molecule has 2 heteroatoms. The topological polar surface area (TPSA) is 40.5 Å². The first-order chi connectivity index (χ1) is 9.21. The van der Waals surface area contributed by atoms with E-state index < -0.39 is 0 Å². The fraction of sp³-hybridized carbons (Fsp3) is 0.412.